The summed E-state index contributed by atoms with van der Waals surface area (Å²) in [5.74, 6) is 0.459. The fourth-order valence-corrected chi connectivity index (χ4v) is 6.67. The molecule has 2 heterocycles. The summed E-state index contributed by atoms with van der Waals surface area (Å²) >= 11 is 6.16. The van der Waals surface area contributed by atoms with E-state index in [2.05, 4.69) is 10.1 Å². The number of nitrogens with one attached hydrogen (secondary N) is 1. The normalized spacial score (nSPS) is 14.2. The Morgan fingerprint density at radius 3 is 2.53 bits per heavy atom. The number of nitrogen functional groups attached to an aromatic ring is 1. The number of carbonyl (C=O) groups is 1. The monoisotopic (exact) mass is 651 g/mol. The van der Waals surface area contributed by atoms with Crippen molar-refractivity contribution in [2.45, 2.75) is 52.7 Å². The van der Waals surface area contributed by atoms with Crippen LogP contribution in [0.1, 0.15) is 32.2 Å². The van der Waals surface area contributed by atoms with E-state index in [0.29, 0.717) is 28.5 Å². The highest BCUT2D eigenvalue weighted by atomic mass is 35.5. The van der Waals surface area contributed by atoms with E-state index < -0.39 is 25.9 Å². The lowest BCUT2D eigenvalue weighted by Crippen LogP contribution is -2.36. The maximum absolute atomic E-state index is 14.3. The number of imidazole rings is 1. The average molecular weight is 652 g/mol. The Hall–Kier alpha value is -3.99. The van der Waals surface area contributed by atoms with Crippen molar-refractivity contribution in [1.82, 2.24) is 19.6 Å². The first-order valence-electron chi connectivity index (χ1n) is 14.5. The standard InChI is InChI=1S/C32H35ClN5O6P/c1-4-41-20-28-36-29-30(26-15-8-9-16-27(26)35-31(29)34)38(28)18-21(2)43-45(40,44-25-14-10-13-24(33)17-25)37-22(3)32(39)42-19-23-11-6-5-7-12-23/h5-17,21-22H,4,18-20H2,1-3H3,(H2,34,35)(H,37,40)/t21-,22+,45+/m1/s1. The van der Waals surface area contributed by atoms with Crippen LogP contribution in [0.25, 0.3) is 21.9 Å². The van der Waals surface area contributed by atoms with Crippen molar-refractivity contribution in [1.29, 1.82) is 0 Å². The third-order valence-corrected chi connectivity index (χ3v) is 8.86. The number of hydrogen-bond acceptors (Lipinski definition) is 9. The van der Waals surface area contributed by atoms with Gasteiger partial charge in [-0.05, 0) is 50.6 Å². The summed E-state index contributed by atoms with van der Waals surface area (Å²) in [4.78, 5) is 22.2. The van der Waals surface area contributed by atoms with E-state index in [1.165, 1.54) is 13.0 Å². The fraction of sp³-hybridized carbons (Fsp3) is 0.281. The van der Waals surface area contributed by atoms with Crippen LogP contribution in [0.3, 0.4) is 0 Å². The van der Waals surface area contributed by atoms with E-state index in [1.54, 1.807) is 25.1 Å². The first-order chi connectivity index (χ1) is 21.7. The Labute approximate surface area is 266 Å². The molecule has 0 saturated heterocycles. The first-order valence-corrected chi connectivity index (χ1v) is 16.4. The second kappa shape index (κ2) is 14.4. The number of esters is 1. The molecule has 0 fully saturated rings. The Balaban J connectivity index is 1.42. The van der Waals surface area contributed by atoms with E-state index in [-0.39, 0.29) is 31.3 Å². The van der Waals surface area contributed by atoms with Gasteiger partial charge in [-0.2, -0.15) is 5.09 Å². The smallest absolute Gasteiger partial charge is 0.459 e. The third kappa shape index (κ3) is 8.00. The molecule has 0 bridgehead atoms. The Kier molecular flexibility index (Phi) is 10.4. The molecule has 0 radical (unpaired) electrons. The maximum Gasteiger partial charge on any atom is 0.459 e. The molecular weight excluding hydrogens is 617 g/mol. The van der Waals surface area contributed by atoms with Crippen molar-refractivity contribution in [3.05, 3.63) is 95.3 Å². The quantitative estimate of drug-likeness (QED) is 0.0988. The van der Waals surface area contributed by atoms with Crippen LogP contribution in [0.2, 0.25) is 5.02 Å². The molecule has 3 aromatic carbocycles. The number of fused-ring (bicyclic) bond motifs is 3. The molecule has 5 aromatic rings. The number of benzene rings is 3. The van der Waals surface area contributed by atoms with Crippen LogP contribution in [0.5, 0.6) is 5.75 Å². The summed E-state index contributed by atoms with van der Waals surface area (Å²) in [6.07, 6.45) is -0.721. The molecular formula is C32H35ClN5O6P. The number of para-hydroxylation sites is 1. The van der Waals surface area contributed by atoms with E-state index in [9.17, 15) is 9.36 Å². The van der Waals surface area contributed by atoms with Crippen molar-refractivity contribution in [3.63, 3.8) is 0 Å². The average Bonchev–Trinajstić information content (AvgIpc) is 3.37. The number of carbonyl (C=O) groups excluding carboxylic acids is 1. The Bertz CT molecular complexity index is 1840. The molecule has 0 aliphatic rings. The van der Waals surface area contributed by atoms with Gasteiger partial charge in [0.05, 0.1) is 23.7 Å². The topological polar surface area (TPSA) is 140 Å². The molecule has 0 amide bonds. The van der Waals surface area contributed by atoms with Crippen molar-refractivity contribution in [2.24, 2.45) is 0 Å². The SMILES string of the molecule is CCOCc1nc2c(N)nc3ccccc3c2n1C[C@@H](C)O[P@@](=O)(N[C@@H](C)C(=O)OCc1ccccc1)Oc1cccc(Cl)c1. The summed E-state index contributed by atoms with van der Waals surface area (Å²) in [5, 5.41) is 3.97. The minimum absolute atomic E-state index is 0.0602. The molecule has 45 heavy (non-hydrogen) atoms. The highest BCUT2D eigenvalue weighted by Crippen LogP contribution is 2.47. The Morgan fingerprint density at radius 2 is 1.78 bits per heavy atom. The maximum atomic E-state index is 14.3. The van der Waals surface area contributed by atoms with Crippen molar-refractivity contribution >= 4 is 53.1 Å². The molecule has 5 rings (SSSR count). The number of nitrogens with zero attached hydrogens (tertiary/aromatic N) is 3. The van der Waals surface area contributed by atoms with Crippen LogP contribution in [0.4, 0.5) is 5.82 Å². The molecule has 13 heteroatoms. The molecule has 236 valence electrons. The highest BCUT2D eigenvalue weighted by molar-refractivity contribution is 7.52. The lowest BCUT2D eigenvalue weighted by Gasteiger charge is -2.26. The van der Waals surface area contributed by atoms with Gasteiger partial charge >= 0.3 is 13.7 Å². The molecule has 0 spiro atoms. The molecule has 11 nitrogen and oxygen atoms in total. The van der Waals surface area contributed by atoms with Gasteiger partial charge in [-0.15, -0.1) is 0 Å². The Morgan fingerprint density at radius 1 is 1.02 bits per heavy atom. The van der Waals surface area contributed by atoms with Gasteiger partial charge in [0.25, 0.3) is 0 Å². The second-order valence-electron chi connectivity index (χ2n) is 10.4. The van der Waals surface area contributed by atoms with E-state index >= 15 is 0 Å². The van der Waals surface area contributed by atoms with Gasteiger partial charge in [-0.1, -0.05) is 66.2 Å². The van der Waals surface area contributed by atoms with E-state index in [0.717, 1.165) is 16.5 Å². The summed E-state index contributed by atoms with van der Waals surface area (Å²) in [5.41, 5.74) is 9.13. The molecule has 2 aromatic heterocycles. The van der Waals surface area contributed by atoms with Crippen LogP contribution < -0.4 is 15.3 Å². The van der Waals surface area contributed by atoms with Crippen LogP contribution in [0.15, 0.2) is 78.9 Å². The minimum atomic E-state index is -4.21. The van der Waals surface area contributed by atoms with Crippen molar-refractivity contribution in [2.75, 3.05) is 12.3 Å². The molecule has 0 aliphatic heterocycles. The summed E-state index contributed by atoms with van der Waals surface area (Å²) < 4.78 is 39.4. The molecule has 0 aliphatic carbocycles. The molecule has 3 atom stereocenters. The third-order valence-electron chi connectivity index (χ3n) is 6.83. The number of anilines is 1. The number of rotatable bonds is 14. The number of aromatic nitrogens is 3. The van der Waals surface area contributed by atoms with Crippen LogP contribution in [-0.4, -0.2) is 39.3 Å². The molecule has 0 unspecified atom stereocenters. The largest absolute Gasteiger partial charge is 0.460 e. The fourth-order valence-electron chi connectivity index (χ4n) is 4.82. The zero-order valence-electron chi connectivity index (χ0n) is 25.2. The molecule has 3 N–H and O–H groups in total. The lowest BCUT2D eigenvalue weighted by molar-refractivity contribution is -0.146. The van der Waals surface area contributed by atoms with Gasteiger partial charge in [0.1, 0.15) is 36.3 Å². The summed E-state index contributed by atoms with van der Waals surface area (Å²) in [7, 11) is -4.21. The predicted octanol–water partition coefficient (Wildman–Crippen LogP) is 6.67. The van der Waals surface area contributed by atoms with E-state index in [4.69, 9.17) is 40.8 Å². The van der Waals surface area contributed by atoms with E-state index in [1.807, 2.05) is 66.1 Å². The number of nitrogens with two attached hydrogens (primary N) is 1. The van der Waals surface area contributed by atoms with Crippen LogP contribution >= 0.6 is 19.3 Å². The minimum Gasteiger partial charge on any atom is -0.460 e. The summed E-state index contributed by atoms with van der Waals surface area (Å²) in [6, 6.07) is 22.3. The zero-order chi connectivity index (χ0) is 32.0. The van der Waals surface area contributed by atoms with Crippen LogP contribution in [-0.2, 0) is 43.1 Å². The van der Waals surface area contributed by atoms with Gasteiger partial charge in [-0.25, -0.2) is 14.5 Å². The van der Waals surface area contributed by atoms with Crippen LogP contribution in [0, 0.1) is 0 Å². The van der Waals surface area contributed by atoms with Crippen molar-refractivity contribution < 1.29 is 27.9 Å². The van der Waals surface area contributed by atoms with Gasteiger partial charge in [-0.3, -0.25) is 9.32 Å². The number of hydrogen-bond donors (Lipinski definition) is 2. The van der Waals surface area contributed by atoms with Gasteiger partial charge in [0.15, 0.2) is 5.82 Å². The van der Waals surface area contributed by atoms with Crippen molar-refractivity contribution in [3.8, 4) is 5.75 Å². The highest BCUT2D eigenvalue weighted by Gasteiger charge is 2.35. The predicted molar refractivity (Wildman–Crippen MR) is 174 cm³/mol. The summed E-state index contributed by atoms with van der Waals surface area (Å²) in [6.45, 7) is 6.12. The first kappa shape index (κ1) is 32.4. The van der Waals surface area contributed by atoms with Gasteiger partial charge < -0.3 is 24.3 Å². The second-order valence-corrected chi connectivity index (χ2v) is 12.5. The number of pyridine rings is 1. The molecule has 0 saturated carbocycles. The van der Waals surface area contributed by atoms with Gasteiger partial charge in [0, 0.05) is 17.0 Å². The lowest BCUT2D eigenvalue weighted by atomic mass is 10.2. The number of ether oxygens (including phenoxy) is 2. The zero-order valence-corrected chi connectivity index (χ0v) is 26.8. The van der Waals surface area contributed by atoms with Gasteiger partial charge in [0.2, 0.25) is 0 Å². The number of halogens is 1.